The Morgan fingerprint density at radius 3 is 2.26 bits per heavy atom. The lowest BCUT2D eigenvalue weighted by atomic mass is 10.2. The van der Waals surface area contributed by atoms with E-state index in [1.807, 2.05) is 31.2 Å². The molecule has 0 saturated carbocycles. The molecular weight excluding hydrogens is 526 g/mol. The molecule has 0 aliphatic carbocycles. The highest BCUT2D eigenvalue weighted by atomic mass is 35.5. The summed E-state index contributed by atoms with van der Waals surface area (Å²) in [5, 5.41) is 3.81. The number of hydrogen-bond donors (Lipinski definition) is 1. The van der Waals surface area contributed by atoms with Gasteiger partial charge in [-0.2, -0.15) is 0 Å². The van der Waals surface area contributed by atoms with Crippen LogP contribution in [0.2, 0.25) is 5.02 Å². The van der Waals surface area contributed by atoms with Crippen molar-refractivity contribution < 1.29 is 19.0 Å². The van der Waals surface area contributed by atoms with Crippen molar-refractivity contribution in [1.29, 1.82) is 0 Å². The van der Waals surface area contributed by atoms with Crippen molar-refractivity contribution in [2.45, 2.75) is 30.3 Å². The normalized spacial score (nSPS) is 11.7. The van der Waals surface area contributed by atoms with Crippen LogP contribution in [0.25, 0.3) is 10.9 Å². The highest BCUT2D eigenvalue weighted by Gasteiger charge is 2.23. The van der Waals surface area contributed by atoms with Crippen LogP contribution in [0.1, 0.15) is 18.9 Å². The molecule has 1 heterocycles. The summed E-state index contributed by atoms with van der Waals surface area (Å²) in [6.07, 6.45) is 0.520. The number of carbonyl (C=O) groups excluding carboxylic acids is 1. The molecule has 0 aliphatic rings. The van der Waals surface area contributed by atoms with E-state index in [-0.39, 0.29) is 18.0 Å². The van der Waals surface area contributed by atoms with Crippen molar-refractivity contribution in [2.24, 2.45) is 0 Å². The average molecular weight is 554 g/mol. The average Bonchev–Trinajstić information content (AvgIpc) is 2.94. The van der Waals surface area contributed by atoms with Gasteiger partial charge in [0.25, 0.3) is 5.56 Å². The Hall–Kier alpha value is -3.69. The molecule has 0 radical (unpaired) electrons. The van der Waals surface area contributed by atoms with Crippen LogP contribution in [-0.2, 0) is 11.3 Å². The van der Waals surface area contributed by atoms with Gasteiger partial charge in [0.15, 0.2) is 16.7 Å². The van der Waals surface area contributed by atoms with Gasteiger partial charge in [0.2, 0.25) is 5.91 Å². The molecule has 0 bridgehead atoms. The lowest BCUT2D eigenvalue weighted by Gasteiger charge is -2.19. The Kier molecular flexibility index (Phi) is 8.81. The van der Waals surface area contributed by atoms with Crippen molar-refractivity contribution in [3.8, 4) is 17.2 Å². The maximum atomic E-state index is 13.8. The van der Waals surface area contributed by atoms with Crippen molar-refractivity contribution in [1.82, 2.24) is 9.55 Å². The predicted octanol–water partition coefficient (Wildman–Crippen LogP) is 5.63. The molecule has 1 amide bonds. The number of methoxy groups -OCH3 is 3. The minimum atomic E-state index is -0.503. The summed E-state index contributed by atoms with van der Waals surface area (Å²) in [5.74, 6) is 1.42. The van der Waals surface area contributed by atoms with Crippen molar-refractivity contribution in [2.75, 3.05) is 26.6 Å². The van der Waals surface area contributed by atoms with E-state index in [0.717, 1.165) is 5.56 Å². The lowest BCUT2D eigenvalue weighted by molar-refractivity contribution is -0.115. The highest BCUT2D eigenvalue weighted by Crippen LogP contribution is 2.32. The molecular formula is C28H28ClN3O5S. The van der Waals surface area contributed by atoms with Crippen LogP contribution in [0, 0.1) is 0 Å². The van der Waals surface area contributed by atoms with Gasteiger partial charge in [-0.25, -0.2) is 4.98 Å². The van der Waals surface area contributed by atoms with E-state index < -0.39 is 5.25 Å². The van der Waals surface area contributed by atoms with E-state index in [9.17, 15) is 9.59 Å². The predicted molar refractivity (Wildman–Crippen MR) is 151 cm³/mol. The molecule has 10 heteroatoms. The molecule has 0 spiro atoms. The third-order valence-corrected chi connectivity index (χ3v) is 7.55. The second-order valence-corrected chi connectivity index (χ2v) is 9.98. The number of halogens is 1. The third kappa shape index (κ3) is 6.06. The molecule has 8 nitrogen and oxygen atoms in total. The number of anilines is 1. The fraction of sp³-hybridized carbons (Fsp3) is 0.250. The minimum absolute atomic E-state index is 0.197. The number of aromatic nitrogens is 2. The zero-order valence-corrected chi connectivity index (χ0v) is 23.1. The smallest absolute Gasteiger partial charge is 0.262 e. The number of hydrogen-bond acceptors (Lipinski definition) is 7. The number of ether oxygens (including phenoxy) is 3. The topological polar surface area (TPSA) is 91.7 Å². The standard InChI is InChI=1S/C28H28ClN3O5S/c1-5-25(26(33)30-19-10-8-18(29)9-11-19)38-28-31-22-15-24(37-4)23(36-3)14-21(22)27(34)32(28)16-17-6-12-20(35-2)13-7-17/h6-15,25H,5,16H2,1-4H3,(H,30,33)/t25-/m0/s1. The molecule has 198 valence electrons. The fourth-order valence-corrected chi connectivity index (χ4v) is 5.01. The molecule has 3 aromatic carbocycles. The summed E-state index contributed by atoms with van der Waals surface area (Å²) in [4.78, 5) is 31.8. The van der Waals surface area contributed by atoms with Gasteiger partial charge < -0.3 is 19.5 Å². The first-order valence-electron chi connectivity index (χ1n) is 11.9. The van der Waals surface area contributed by atoms with Gasteiger partial charge in [0, 0.05) is 16.8 Å². The minimum Gasteiger partial charge on any atom is -0.497 e. The summed E-state index contributed by atoms with van der Waals surface area (Å²) in [7, 11) is 4.64. The molecule has 4 rings (SSSR count). The third-order valence-electron chi connectivity index (χ3n) is 5.95. The van der Waals surface area contributed by atoms with Crippen molar-refractivity contribution in [3.63, 3.8) is 0 Å². The van der Waals surface area contributed by atoms with Crippen LogP contribution in [0.4, 0.5) is 5.69 Å². The van der Waals surface area contributed by atoms with Crippen LogP contribution < -0.4 is 25.1 Å². The summed E-state index contributed by atoms with van der Waals surface area (Å²) in [5.41, 5.74) is 1.73. The van der Waals surface area contributed by atoms with Crippen LogP contribution >= 0.6 is 23.4 Å². The zero-order valence-electron chi connectivity index (χ0n) is 21.5. The van der Waals surface area contributed by atoms with Gasteiger partial charge in [-0.3, -0.25) is 14.2 Å². The molecule has 0 fully saturated rings. The van der Waals surface area contributed by atoms with Crippen LogP contribution in [0.15, 0.2) is 70.6 Å². The molecule has 38 heavy (non-hydrogen) atoms. The number of thioether (sulfide) groups is 1. The van der Waals surface area contributed by atoms with Gasteiger partial charge in [-0.05, 0) is 54.4 Å². The summed E-state index contributed by atoms with van der Waals surface area (Å²) < 4.78 is 17.7. The number of benzene rings is 3. The highest BCUT2D eigenvalue weighted by molar-refractivity contribution is 8.00. The second kappa shape index (κ2) is 12.2. The van der Waals surface area contributed by atoms with Gasteiger partial charge in [0.1, 0.15) is 5.75 Å². The van der Waals surface area contributed by atoms with Gasteiger partial charge in [0.05, 0.1) is 44.0 Å². The Bertz CT molecular complexity index is 1490. The van der Waals surface area contributed by atoms with Crippen LogP contribution in [0.5, 0.6) is 17.2 Å². The van der Waals surface area contributed by atoms with E-state index in [0.29, 0.717) is 50.4 Å². The first kappa shape index (κ1) is 27.3. The molecule has 0 unspecified atom stereocenters. The van der Waals surface area contributed by atoms with E-state index in [4.69, 9.17) is 30.8 Å². The number of nitrogens with one attached hydrogen (secondary N) is 1. The molecule has 1 atom stereocenters. The fourth-order valence-electron chi connectivity index (χ4n) is 3.88. The summed E-state index contributed by atoms with van der Waals surface area (Å²) in [6.45, 7) is 2.18. The second-order valence-electron chi connectivity index (χ2n) is 8.37. The van der Waals surface area contributed by atoms with E-state index in [1.54, 1.807) is 48.1 Å². The Balaban J connectivity index is 1.76. The number of carbonyl (C=O) groups is 1. The maximum absolute atomic E-state index is 13.8. The molecule has 4 aromatic rings. The molecule has 0 aliphatic heterocycles. The number of fused-ring (bicyclic) bond motifs is 1. The maximum Gasteiger partial charge on any atom is 0.262 e. The number of rotatable bonds is 10. The van der Waals surface area contributed by atoms with Gasteiger partial charge >= 0.3 is 0 Å². The first-order chi connectivity index (χ1) is 18.4. The van der Waals surface area contributed by atoms with Crippen molar-refractivity contribution in [3.05, 3.63) is 81.6 Å². The first-order valence-corrected chi connectivity index (χ1v) is 13.1. The summed E-state index contributed by atoms with van der Waals surface area (Å²) >= 11 is 7.21. The van der Waals surface area contributed by atoms with Crippen LogP contribution in [-0.4, -0.2) is 42.0 Å². The molecule has 1 N–H and O–H groups in total. The SMILES string of the molecule is CC[C@H](Sc1nc2cc(OC)c(OC)cc2c(=O)n1Cc1ccc(OC)cc1)C(=O)Nc1ccc(Cl)cc1. The molecule has 1 aromatic heterocycles. The van der Waals surface area contributed by atoms with Gasteiger partial charge in [-0.15, -0.1) is 0 Å². The van der Waals surface area contributed by atoms with Gasteiger partial charge in [-0.1, -0.05) is 42.4 Å². The monoisotopic (exact) mass is 553 g/mol. The van der Waals surface area contributed by atoms with E-state index in [2.05, 4.69) is 5.32 Å². The Morgan fingerprint density at radius 1 is 1.00 bits per heavy atom. The quantitative estimate of drug-likeness (QED) is 0.201. The molecule has 0 saturated heterocycles. The van der Waals surface area contributed by atoms with E-state index >= 15 is 0 Å². The largest absolute Gasteiger partial charge is 0.497 e. The zero-order chi connectivity index (χ0) is 27.2. The Labute approximate surface area is 229 Å². The number of amides is 1. The van der Waals surface area contributed by atoms with E-state index in [1.165, 1.54) is 26.0 Å². The number of nitrogens with zero attached hydrogens (tertiary/aromatic N) is 2. The van der Waals surface area contributed by atoms with Crippen LogP contribution in [0.3, 0.4) is 0 Å². The van der Waals surface area contributed by atoms with Crippen molar-refractivity contribution >= 4 is 45.9 Å². The summed E-state index contributed by atoms with van der Waals surface area (Å²) in [6, 6.07) is 17.7. The Morgan fingerprint density at radius 2 is 1.66 bits per heavy atom. The lowest BCUT2D eigenvalue weighted by Crippen LogP contribution is -2.28.